The largest absolute Gasteiger partial charge is 0.247 e. The zero-order valence-corrected chi connectivity index (χ0v) is 16.3. The summed E-state index contributed by atoms with van der Waals surface area (Å²) < 4.78 is 0. The van der Waals surface area contributed by atoms with E-state index >= 15 is 0 Å². The second-order valence-corrected chi connectivity index (χ2v) is 8.53. The normalized spacial score (nSPS) is 12.4. The fourth-order valence-corrected chi connectivity index (χ4v) is 4.31. The average molecular weight is 349 g/mol. The molecule has 5 rings (SSSR count). The first-order chi connectivity index (χ1) is 12.9. The van der Waals surface area contributed by atoms with Crippen LogP contribution >= 0.6 is 0 Å². The third kappa shape index (κ3) is 2.35. The van der Waals surface area contributed by atoms with Crippen molar-refractivity contribution < 1.29 is 0 Å². The quantitative estimate of drug-likeness (QED) is 0.313. The van der Waals surface area contributed by atoms with Gasteiger partial charge in [0.25, 0.3) is 0 Å². The molecule has 1 aromatic heterocycles. The lowest BCUT2D eigenvalue weighted by atomic mass is 9.86. The summed E-state index contributed by atoms with van der Waals surface area (Å²) in [4.78, 5) is 5.08. The zero-order chi connectivity index (χ0) is 18.8. The maximum atomic E-state index is 5.08. The molecular weight excluding hydrogens is 326 g/mol. The molecule has 0 unspecified atom stereocenters. The monoisotopic (exact) mass is 349 g/mol. The van der Waals surface area contributed by atoms with Crippen LogP contribution in [0.4, 0.5) is 0 Å². The standard InChI is InChI=1S/C26H23N/c1-16-23-20-9-6-5-8-19(20)21-10-7-11-22(24(21)23)27-25(16)17-12-14-18(15-13-17)26(2,3)4/h5-15H,1-4H3. The molecule has 0 saturated heterocycles. The van der Waals surface area contributed by atoms with Crippen LogP contribution in [-0.2, 0) is 5.41 Å². The van der Waals surface area contributed by atoms with E-state index in [0.29, 0.717) is 0 Å². The summed E-state index contributed by atoms with van der Waals surface area (Å²) >= 11 is 0. The van der Waals surface area contributed by atoms with Gasteiger partial charge in [-0.25, -0.2) is 4.98 Å². The van der Waals surface area contributed by atoms with Crippen LogP contribution in [0.2, 0.25) is 0 Å². The van der Waals surface area contributed by atoms with E-state index in [4.69, 9.17) is 4.98 Å². The van der Waals surface area contributed by atoms with Crippen LogP contribution in [0.1, 0.15) is 31.9 Å². The fraction of sp³-hybridized carbons (Fsp3) is 0.192. The first-order valence-electron chi connectivity index (χ1n) is 9.59. The molecule has 0 aliphatic heterocycles. The molecule has 27 heavy (non-hydrogen) atoms. The molecule has 0 atom stereocenters. The lowest BCUT2D eigenvalue weighted by Gasteiger charge is -2.19. The highest BCUT2D eigenvalue weighted by atomic mass is 14.7. The molecule has 4 aromatic rings. The van der Waals surface area contributed by atoms with E-state index in [2.05, 4.69) is 94.4 Å². The van der Waals surface area contributed by atoms with Crippen molar-refractivity contribution >= 4 is 10.9 Å². The summed E-state index contributed by atoms with van der Waals surface area (Å²) in [7, 11) is 0. The van der Waals surface area contributed by atoms with Gasteiger partial charge < -0.3 is 0 Å². The molecular formula is C26H23N. The minimum Gasteiger partial charge on any atom is -0.247 e. The van der Waals surface area contributed by atoms with Gasteiger partial charge in [0.15, 0.2) is 0 Å². The van der Waals surface area contributed by atoms with Crippen molar-refractivity contribution in [1.82, 2.24) is 4.98 Å². The summed E-state index contributed by atoms with van der Waals surface area (Å²) in [5, 5.41) is 1.30. The van der Waals surface area contributed by atoms with Crippen LogP contribution in [0.5, 0.6) is 0 Å². The Hall–Kier alpha value is -2.93. The molecule has 0 N–H and O–H groups in total. The van der Waals surface area contributed by atoms with Crippen molar-refractivity contribution in [3.63, 3.8) is 0 Å². The van der Waals surface area contributed by atoms with Gasteiger partial charge in [0.1, 0.15) is 0 Å². The first kappa shape index (κ1) is 16.3. The smallest absolute Gasteiger partial charge is 0.0745 e. The molecule has 0 amide bonds. The van der Waals surface area contributed by atoms with Crippen LogP contribution in [0.25, 0.3) is 44.4 Å². The molecule has 1 aliphatic carbocycles. The Balaban J connectivity index is 1.78. The van der Waals surface area contributed by atoms with Gasteiger partial charge in [0.05, 0.1) is 11.2 Å². The number of hydrogen-bond donors (Lipinski definition) is 0. The number of pyridine rings is 1. The molecule has 0 bridgehead atoms. The molecule has 132 valence electrons. The highest BCUT2D eigenvalue weighted by Gasteiger charge is 2.25. The maximum Gasteiger partial charge on any atom is 0.0745 e. The van der Waals surface area contributed by atoms with Gasteiger partial charge in [-0.2, -0.15) is 0 Å². The second kappa shape index (κ2) is 5.53. The molecule has 0 fully saturated rings. The number of benzene rings is 3. The molecule has 1 heterocycles. The Morgan fingerprint density at radius 3 is 2.07 bits per heavy atom. The van der Waals surface area contributed by atoms with Crippen molar-refractivity contribution in [1.29, 1.82) is 0 Å². The van der Waals surface area contributed by atoms with Gasteiger partial charge in [-0.1, -0.05) is 81.4 Å². The fourth-order valence-electron chi connectivity index (χ4n) is 4.31. The molecule has 0 radical (unpaired) electrons. The predicted octanol–water partition coefficient (Wildman–Crippen LogP) is 7.16. The third-order valence-electron chi connectivity index (χ3n) is 5.77. The average Bonchev–Trinajstić information content (AvgIpc) is 3.00. The van der Waals surface area contributed by atoms with E-state index in [0.717, 1.165) is 11.2 Å². The number of fused-ring (bicyclic) bond motifs is 3. The number of rotatable bonds is 1. The van der Waals surface area contributed by atoms with Gasteiger partial charge in [0, 0.05) is 10.9 Å². The van der Waals surface area contributed by atoms with E-state index in [1.165, 1.54) is 44.3 Å². The minimum absolute atomic E-state index is 0.159. The Bertz CT molecular complexity index is 1190. The SMILES string of the molecule is Cc1c(-c2ccc(C(C)(C)C)cc2)nc2cccc3c2c1-c1ccccc1-3. The Labute approximate surface area is 160 Å². The number of hydrogen-bond acceptors (Lipinski definition) is 1. The summed E-state index contributed by atoms with van der Waals surface area (Å²) in [6.45, 7) is 8.97. The Kier molecular flexibility index (Phi) is 3.33. The van der Waals surface area contributed by atoms with Crippen LogP contribution in [0.15, 0.2) is 66.7 Å². The molecule has 1 heteroatoms. The van der Waals surface area contributed by atoms with E-state index in [9.17, 15) is 0 Å². The number of aromatic nitrogens is 1. The van der Waals surface area contributed by atoms with Crippen molar-refractivity contribution in [3.05, 3.63) is 77.9 Å². The van der Waals surface area contributed by atoms with Crippen molar-refractivity contribution in [2.75, 3.05) is 0 Å². The topological polar surface area (TPSA) is 12.9 Å². The lowest BCUT2D eigenvalue weighted by Crippen LogP contribution is -2.10. The predicted molar refractivity (Wildman–Crippen MR) is 115 cm³/mol. The Morgan fingerprint density at radius 2 is 1.37 bits per heavy atom. The highest BCUT2D eigenvalue weighted by Crippen LogP contribution is 2.49. The summed E-state index contributed by atoms with van der Waals surface area (Å²) in [5.74, 6) is 0. The zero-order valence-electron chi connectivity index (χ0n) is 16.3. The minimum atomic E-state index is 0.159. The summed E-state index contributed by atoms with van der Waals surface area (Å²) in [5.41, 5.74) is 11.4. The van der Waals surface area contributed by atoms with Gasteiger partial charge >= 0.3 is 0 Å². The van der Waals surface area contributed by atoms with Crippen molar-refractivity contribution in [3.8, 4) is 33.5 Å². The molecule has 1 aliphatic rings. The highest BCUT2D eigenvalue weighted by molar-refractivity contribution is 6.16. The molecule has 1 nitrogen and oxygen atoms in total. The van der Waals surface area contributed by atoms with Crippen molar-refractivity contribution in [2.24, 2.45) is 0 Å². The Morgan fingerprint density at radius 1 is 0.704 bits per heavy atom. The van der Waals surface area contributed by atoms with E-state index in [-0.39, 0.29) is 5.41 Å². The van der Waals surface area contributed by atoms with Crippen LogP contribution in [-0.4, -0.2) is 4.98 Å². The van der Waals surface area contributed by atoms with Gasteiger partial charge in [-0.15, -0.1) is 0 Å². The second-order valence-electron chi connectivity index (χ2n) is 8.53. The maximum absolute atomic E-state index is 5.08. The number of nitrogens with zero attached hydrogens (tertiary/aromatic N) is 1. The lowest BCUT2D eigenvalue weighted by molar-refractivity contribution is 0.590. The van der Waals surface area contributed by atoms with Crippen molar-refractivity contribution in [2.45, 2.75) is 33.1 Å². The van der Waals surface area contributed by atoms with Crippen LogP contribution in [0.3, 0.4) is 0 Å². The molecule has 3 aromatic carbocycles. The van der Waals surface area contributed by atoms with Crippen LogP contribution in [0, 0.1) is 6.92 Å². The summed E-state index contributed by atoms with van der Waals surface area (Å²) in [6.07, 6.45) is 0. The first-order valence-corrected chi connectivity index (χ1v) is 9.59. The molecule has 0 saturated carbocycles. The van der Waals surface area contributed by atoms with E-state index in [1.807, 2.05) is 0 Å². The van der Waals surface area contributed by atoms with Crippen LogP contribution < -0.4 is 0 Å². The summed E-state index contributed by atoms with van der Waals surface area (Å²) in [6, 6.07) is 24.1. The van der Waals surface area contributed by atoms with E-state index in [1.54, 1.807) is 0 Å². The molecule has 0 spiro atoms. The van der Waals surface area contributed by atoms with Gasteiger partial charge in [0.2, 0.25) is 0 Å². The third-order valence-corrected chi connectivity index (χ3v) is 5.77. The van der Waals surface area contributed by atoms with E-state index < -0.39 is 0 Å². The van der Waals surface area contributed by atoms with Gasteiger partial charge in [-0.3, -0.25) is 0 Å². The van der Waals surface area contributed by atoms with Gasteiger partial charge in [-0.05, 0) is 51.8 Å².